The highest BCUT2D eigenvalue weighted by Gasteiger charge is 2.27. The van der Waals surface area contributed by atoms with E-state index in [0.717, 1.165) is 11.1 Å². The van der Waals surface area contributed by atoms with E-state index in [2.05, 4.69) is 0 Å². The Kier molecular flexibility index (Phi) is 3.28. The average Bonchev–Trinajstić information content (AvgIpc) is 3.15. The molecule has 3 aromatic rings. The van der Waals surface area contributed by atoms with Gasteiger partial charge in [-0.1, -0.05) is 0 Å². The first-order valence-corrected chi connectivity index (χ1v) is 8.56. The van der Waals surface area contributed by atoms with Gasteiger partial charge in [0.2, 0.25) is 6.79 Å². The van der Waals surface area contributed by atoms with Gasteiger partial charge in [-0.15, -0.1) is 0 Å². The summed E-state index contributed by atoms with van der Waals surface area (Å²) in [6.07, 6.45) is 0.664. The second-order valence-corrected chi connectivity index (χ2v) is 6.52. The van der Waals surface area contributed by atoms with Crippen LogP contribution in [-0.2, 0) is 13.0 Å². The molecular formula is C20H17NO6. The van der Waals surface area contributed by atoms with E-state index in [1.807, 2.05) is 12.1 Å². The van der Waals surface area contributed by atoms with E-state index >= 15 is 0 Å². The molecule has 0 saturated carbocycles. The minimum absolute atomic E-state index is 0.0327. The summed E-state index contributed by atoms with van der Waals surface area (Å²) >= 11 is 0. The van der Waals surface area contributed by atoms with Gasteiger partial charge in [-0.2, -0.15) is 0 Å². The second-order valence-electron chi connectivity index (χ2n) is 6.52. The number of hydrogen-bond donors (Lipinski definition) is 1. The molecule has 2 aliphatic heterocycles. The summed E-state index contributed by atoms with van der Waals surface area (Å²) < 4.78 is 23.2. The number of aromatic hydroxyl groups is 1. The molecule has 1 N–H and O–H groups in total. The van der Waals surface area contributed by atoms with Crippen molar-refractivity contribution in [3.8, 4) is 40.0 Å². The van der Waals surface area contributed by atoms with Crippen LogP contribution in [0.4, 0.5) is 0 Å². The molecule has 5 rings (SSSR count). The highest BCUT2D eigenvalue weighted by Crippen LogP contribution is 2.45. The summed E-state index contributed by atoms with van der Waals surface area (Å²) in [5.41, 5.74) is 2.09. The molecule has 3 heterocycles. The maximum atomic E-state index is 13.1. The molecule has 7 heteroatoms. The Morgan fingerprint density at radius 3 is 2.37 bits per heavy atom. The van der Waals surface area contributed by atoms with E-state index in [-0.39, 0.29) is 18.1 Å². The summed E-state index contributed by atoms with van der Waals surface area (Å²) in [6.45, 7) is 0.643. The van der Waals surface area contributed by atoms with Crippen LogP contribution in [0.2, 0.25) is 0 Å². The smallest absolute Gasteiger partial charge is 0.259 e. The first kappa shape index (κ1) is 15.9. The Hall–Kier alpha value is -3.35. The van der Waals surface area contributed by atoms with Crippen molar-refractivity contribution in [3.63, 3.8) is 0 Å². The molecule has 0 saturated heterocycles. The van der Waals surface area contributed by atoms with Crippen molar-refractivity contribution in [1.29, 1.82) is 0 Å². The zero-order valence-corrected chi connectivity index (χ0v) is 14.9. The van der Waals surface area contributed by atoms with Gasteiger partial charge in [0.15, 0.2) is 23.0 Å². The lowest BCUT2D eigenvalue weighted by Crippen LogP contribution is -2.26. The summed E-state index contributed by atoms with van der Waals surface area (Å²) in [5, 5.41) is 11.9. The molecule has 0 aliphatic carbocycles. The summed E-state index contributed by atoms with van der Waals surface area (Å²) in [7, 11) is 3.03. The normalized spacial score (nSPS) is 14.0. The maximum Gasteiger partial charge on any atom is 0.259 e. The Labute approximate surface area is 154 Å². The Balaban J connectivity index is 1.86. The van der Waals surface area contributed by atoms with E-state index in [9.17, 15) is 9.90 Å². The maximum absolute atomic E-state index is 13.1. The lowest BCUT2D eigenvalue weighted by molar-refractivity contribution is 0.174. The van der Waals surface area contributed by atoms with Gasteiger partial charge >= 0.3 is 0 Å². The fourth-order valence-corrected chi connectivity index (χ4v) is 3.88. The zero-order chi connectivity index (χ0) is 18.7. The standard InChI is InChI=1S/C20H17NO6/c1-24-14-7-12-13(8-15(14)25-2)20(23)21-4-3-10-5-16-17(27-9-26-16)6-11(10)18(21)19(12)22/h5-8,22H,3-4,9H2,1-2H3. The van der Waals surface area contributed by atoms with Gasteiger partial charge in [-0.3, -0.25) is 4.79 Å². The van der Waals surface area contributed by atoms with Gasteiger partial charge < -0.3 is 28.6 Å². The van der Waals surface area contributed by atoms with Crippen LogP contribution in [-0.4, -0.2) is 30.7 Å². The molecule has 2 aromatic carbocycles. The average molecular weight is 367 g/mol. The van der Waals surface area contributed by atoms with Gasteiger partial charge in [0.1, 0.15) is 5.75 Å². The second kappa shape index (κ2) is 5.57. The van der Waals surface area contributed by atoms with Gasteiger partial charge in [0.05, 0.1) is 25.3 Å². The van der Waals surface area contributed by atoms with E-state index < -0.39 is 0 Å². The highest BCUT2D eigenvalue weighted by atomic mass is 16.7. The van der Waals surface area contributed by atoms with Crippen molar-refractivity contribution in [3.05, 3.63) is 40.2 Å². The van der Waals surface area contributed by atoms with Crippen molar-refractivity contribution >= 4 is 10.8 Å². The molecule has 0 radical (unpaired) electrons. The molecule has 0 spiro atoms. The predicted molar refractivity (Wildman–Crippen MR) is 98.2 cm³/mol. The molecule has 2 aliphatic rings. The van der Waals surface area contributed by atoms with Crippen LogP contribution in [0, 0.1) is 0 Å². The van der Waals surface area contributed by atoms with Gasteiger partial charge in [0, 0.05) is 17.5 Å². The van der Waals surface area contributed by atoms with E-state index in [4.69, 9.17) is 18.9 Å². The molecule has 0 fully saturated rings. The minimum atomic E-state index is -0.179. The summed E-state index contributed by atoms with van der Waals surface area (Å²) in [5.74, 6) is 2.23. The molecule has 0 unspecified atom stereocenters. The summed E-state index contributed by atoms with van der Waals surface area (Å²) in [6, 6.07) is 6.99. The number of aryl methyl sites for hydroxylation is 1. The van der Waals surface area contributed by atoms with E-state index in [1.54, 1.807) is 16.7 Å². The molecule has 7 nitrogen and oxygen atoms in total. The molecule has 0 bridgehead atoms. The number of aromatic nitrogens is 1. The quantitative estimate of drug-likeness (QED) is 0.750. The van der Waals surface area contributed by atoms with Gasteiger partial charge in [0.25, 0.3) is 5.56 Å². The largest absolute Gasteiger partial charge is 0.505 e. The Morgan fingerprint density at radius 2 is 1.67 bits per heavy atom. The third kappa shape index (κ3) is 2.11. The number of hydrogen-bond acceptors (Lipinski definition) is 6. The number of fused-ring (bicyclic) bond motifs is 5. The van der Waals surface area contributed by atoms with Crippen LogP contribution in [0.1, 0.15) is 5.56 Å². The lowest BCUT2D eigenvalue weighted by atomic mass is 9.94. The Bertz CT molecular complexity index is 1160. The monoisotopic (exact) mass is 367 g/mol. The van der Waals surface area contributed by atoms with Crippen LogP contribution in [0.5, 0.6) is 28.7 Å². The number of methoxy groups -OCH3 is 2. The molecule has 138 valence electrons. The SMILES string of the molecule is COc1cc2c(O)c3n(c(=O)c2cc1OC)CCc1cc2c(cc1-3)OCO2. The summed E-state index contributed by atoms with van der Waals surface area (Å²) in [4.78, 5) is 13.1. The molecule has 0 atom stereocenters. The minimum Gasteiger partial charge on any atom is -0.505 e. The van der Waals surface area contributed by atoms with Gasteiger partial charge in [-0.05, 0) is 36.2 Å². The number of nitrogens with zero attached hydrogens (tertiary/aromatic N) is 1. The Morgan fingerprint density at radius 1 is 1.00 bits per heavy atom. The van der Waals surface area contributed by atoms with Crippen molar-refractivity contribution < 1.29 is 24.1 Å². The van der Waals surface area contributed by atoms with E-state index in [0.29, 0.717) is 52.4 Å². The third-order valence-corrected chi connectivity index (χ3v) is 5.21. The van der Waals surface area contributed by atoms with Crippen LogP contribution < -0.4 is 24.5 Å². The number of benzene rings is 2. The number of ether oxygens (including phenoxy) is 4. The predicted octanol–water partition coefficient (Wildman–Crippen LogP) is 2.68. The van der Waals surface area contributed by atoms with Crippen LogP contribution in [0.25, 0.3) is 22.0 Å². The number of pyridine rings is 1. The third-order valence-electron chi connectivity index (χ3n) is 5.21. The first-order valence-electron chi connectivity index (χ1n) is 8.56. The molecule has 1 aromatic heterocycles. The topological polar surface area (TPSA) is 79.2 Å². The fourth-order valence-electron chi connectivity index (χ4n) is 3.88. The fraction of sp³-hybridized carbons (Fsp3) is 0.250. The first-order chi connectivity index (χ1) is 13.1. The van der Waals surface area contributed by atoms with Crippen molar-refractivity contribution in [2.24, 2.45) is 0 Å². The molecule has 0 amide bonds. The van der Waals surface area contributed by atoms with E-state index in [1.165, 1.54) is 14.2 Å². The lowest BCUT2D eigenvalue weighted by Gasteiger charge is -2.24. The van der Waals surface area contributed by atoms with Crippen LogP contribution in [0.3, 0.4) is 0 Å². The van der Waals surface area contributed by atoms with Crippen LogP contribution in [0.15, 0.2) is 29.1 Å². The molecular weight excluding hydrogens is 350 g/mol. The molecule has 27 heavy (non-hydrogen) atoms. The van der Waals surface area contributed by atoms with Crippen LogP contribution >= 0.6 is 0 Å². The zero-order valence-electron chi connectivity index (χ0n) is 14.9. The van der Waals surface area contributed by atoms with Crippen molar-refractivity contribution in [2.45, 2.75) is 13.0 Å². The van der Waals surface area contributed by atoms with Gasteiger partial charge in [-0.25, -0.2) is 0 Å². The van der Waals surface area contributed by atoms with Crippen molar-refractivity contribution in [1.82, 2.24) is 4.57 Å². The van der Waals surface area contributed by atoms with Crippen molar-refractivity contribution in [2.75, 3.05) is 21.0 Å². The number of rotatable bonds is 2. The highest BCUT2D eigenvalue weighted by molar-refractivity contribution is 5.96.